The summed E-state index contributed by atoms with van der Waals surface area (Å²) in [6, 6.07) is 26.0. The van der Waals surface area contributed by atoms with Gasteiger partial charge < -0.3 is 24.8 Å². The van der Waals surface area contributed by atoms with E-state index in [0.29, 0.717) is 23.0 Å². The highest BCUT2D eigenvalue weighted by Crippen LogP contribution is 2.59. The predicted molar refractivity (Wildman–Crippen MR) is 165 cm³/mol. The van der Waals surface area contributed by atoms with Crippen molar-refractivity contribution in [3.63, 3.8) is 0 Å². The van der Waals surface area contributed by atoms with Crippen LogP contribution < -0.4 is 20.1 Å². The molecular weight excluding hydrogens is 524 g/mol. The zero-order valence-corrected chi connectivity index (χ0v) is 24.3. The SMILES string of the molecule is COc1ccc(Nc2cc3c(cc2C)Oc2cccc(NC(C)C4CCCCC4)c2C32OC(=O)c3ccccc32)cc1. The average molecular weight is 561 g/mol. The molecule has 1 fully saturated rings. The third-order valence-electron chi connectivity index (χ3n) is 9.19. The zero-order chi connectivity index (χ0) is 28.8. The van der Waals surface area contributed by atoms with E-state index in [1.807, 2.05) is 66.7 Å². The van der Waals surface area contributed by atoms with E-state index in [0.717, 1.165) is 45.1 Å². The van der Waals surface area contributed by atoms with Crippen LogP contribution >= 0.6 is 0 Å². The Labute approximate surface area is 247 Å². The average Bonchev–Trinajstić information content (AvgIpc) is 3.31. The van der Waals surface area contributed by atoms with Gasteiger partial charge in [-0.05, 0) is 92.8 Å². The van der Waals surface area contributed by atoms with Gasteiger partial charge in [0.1, 0.15) is 17.2 Å². The van der Waals surface area contributed by atoms with Gasteiger partial charge in [-0.3, -0.25) is 0 Å². The van der Waals surface area contributed by atoms with Crippen molar-refractivity contribution in [2.75, 3.05) is 17.7 Å². The second kappa shape index (κ2) is 10.4. The molecule has 2 N–H and O–H groups in total. The zero-order valence-electron chi connectivity index (χ0n) is 24.3. The van der Waals surface area contributed by atoms with Crippen molar-refractivity contribution in [2.24, 2.45) is 5.92 Å². The minimum Gasteiger partial charge on any atom is -0.497 e. The Morgan fingerprint density at radius 1 is 0.881 bits per heavy atom. The van der Waals surface area contributed by atoms with Gasteiger partial charge in [-0.1, -0.05) is 43.5 Å². The van der Waals surface area contributed by atoms with Crippen LogP contribution in [0.25, 0.3) is 0 Å². The van der Waals surface area contributed by atoms with Gasteiger partial charge >= 0.3 is 5.97 Å². The number of methoxy groups -OCH3 is 1. The number of benzene rings is 4. The largest absolute Gasteiger partial charge is 0.497 e. The quantitative estimate of drug-likeness (QED) is 0.230. The van der Waals surface area contributed by atoms with Crippen LogP contribution in [0.2, 0.25) is 0 Å². The Morgan fingerprint density at radius 2 is 1.67 bits per heavy atom. The third-order valence-corrected chi connectivity index (χ3v) is 9.19. The molecule has 2 aliphatic heterocycles. The van der Waals surface area contributed by atoms with Crippen molar-refractivity contribution in [1.29, 1.82) is 0 Å². The summed E-state index contributed by atoms with van der Waals surface area (Å²) in [6.45, 7) is 4.32. The molecule has 4 aromatic rings. The number of fused-ring (bicyclic) bond motifs is 6. The standard InChI is InChI=1S/C36H36N2O4/c1-22-20-33-29(21-31(22)38-25-16-18-26(40-3)19-17-25)36(28-13-8-7-12-27(28)35(39)42-36)34-30(14-9-15-32(34)41-33)37-23(2)24-10-5-4-6-11-24/h7-9,12-21,23-24,37-38H,4-6,10-11H2,1-3H3. The van der Waals surface area contributed by atoms with Gasteiger partial charge in [0, 0.05) is 34.2 Å². The maximum Gasteiger partial charge on any atom is 0.340 e. The van der Waals surface area contributed by atoms with Crippen molar-refractivity contribution < 1.29 is 19.0 Å². The number of aryl methyl sites for hydroxylation is 1. The van der Waals surface area contributed by atoms with Crippen molar-refractivity contribution in [1.82, 2.24) is 0 Å². The molecule has 4 aromatic carbocycles. The summed E-state index contributed by atoms with van der Waals surface area (Å²) in [5.41, 5.74) is 5.69. The summed E-state index contributed by atoms with van der Waals surface area (Å²) in [5.74, 6) is 2.45. The molecule has 1 aliphatic carbocycles. The molecule has 2 heterocycles. The summed E-state index contributed by atoms with van der Waals surface area (Å²) < 4.78 is 18.5. The smallest absolute Gasteiger partial charge is 0.340 e. The molecule has 2 atom stereocenters. The van der Waals surface area contributed by atoms with Gasteiger partial charge in [0.15, 0.2) is 5.60 Å². The summed E-state index contributed by atoms with van der Waals surface area (Å²) >= 11 is 0. The highest BCUT2D eigenvalue weighted by atomic mass is 16.6. The molecule has 0 saturated heterocycles. The Balaban J connectivity index is 1.39. The second-order valence-corrected chi connectivity index (χ2v) is 11.7. The highest BCUT2D eigenvalue weighted by molar-refractivity contribution is 5.97. The molecule has 6 heteroatoms. The fourth-order valence-electron chi connectivity index (χ4n) is 6.96. The lowest BCUT2D eigenvalue weighted by molar-refractivity contribution is 0.0226. The first-order valence-electron chi connectivity index (χ1n) is 14.9. The monoisotopic (exact) mass is 560 g/mol. The van der Waals surface area contributed by atoms with Crippen molar-refractivity contribution in [2.45, 2.75) is 57.6 Å². The van der Waals surface area contributed by atoms with E-state index in [9.17, 15) is 4.79 Å². The molecular formula is C36H36N2O4. The lowest BCUT2D eigenvalue weighted by Gasteiger charge is -2.39. The van der Waals surface area contributed by atoms with Crippen LogP contribution in [0, 0.1) is 12.8 Å². The Morgan fingerprint density at radius 3 is 2.45 bits per heavy atom. The molecule has 214 valence electrons. The predicted octanol–water partition coefficient (Wildman–Crippen LogP) is 8.70. The van der Waals surface area contributed by atoms with Gasteiger partial charge in [-0.25, -0.2) is 4.79 Å². The van der Waals surface area contributed by atoms with E-state index >= 15 is 0 Å². The van der Waals surface area contributed by atoms with Gasteiger partial charge in [0.2, 0.25) is 0 Å². The topological polar surface area (TPSA) is 68.8 Å². The first-order chi connectivity index (χ1) is 20.5. The number of hydrogen-bond acceptors (Lipinski definition) is 6. The second-order valence-electron chi connectivity index (χ2n) is 11.7. The molecule has 0 bridgehead atoms. The first kappa shape index (κ1) is 26.4. The molecule has 7 rings (SSSR count). The molecule has 1 saturated carbocycles. The number of ether oxygens (including phenoxy) is 3. The minimum absolute atomic E-state index is 0.271. The van der Waals surface area contributed by atoms with Crippen LogP contribution in [-0.4, -0.2) is 19.1 Å². The Kier molecular flexibility index (Phi) is 6.57. The summed E-state index contributed by atoms with van der Waals surface area (Å²) in [4.78, 5) is 13.5. The number of rotatable bonds is 6. The summed E-state index contributed by atoms with van der Waals surface area (Å²) in [6.07, 6.45) is 6.32. The number of nitrogens with one attached hydrogen (secondary N) is 2. The molecule has 42 heavy (non-hydrogen) atoms. The van der Waals surface area contributed by atoms with Gasteiger partial charge in [-0.15, -0.1) is 0 Å². The van der Waals surface area contributed by atoms with Gasteiger partial charge in [0.25, 0.3) is 0 Å². The van der Waals surface area contributed by atoms with E-state index < -0.39 is 5.60 Å². The van der Waals surface area contributed by atoms with E-state index in [4.69, 9.17) is 14.2 Å². The maximum absolute atomic E-state index is 13.5. The first-order valence-corrected chi connectivity index (χ1v) is 14.9. The normalized spacial score (nSPS) is 19.6. The van der Waals surface area contributed by atoms with E-state index in [-0.39, 0.29) is 12.0 Å². The number of anilines is 3. The number of hydrogen-bond donors (Lipinski definition) is 2. The summed E-state index contributed by atoms with van der Waals surface area (Å²) in [7, 11) is 1.66. The van der Waals surface area contributed by atoms with Crippen LogP contribution in [0.1, 0.15) is 71.6 Å². The highest BCUT2D eigenvalue weighted by Gasteiger charge is 2.55. The molecule has 0 aromatic heterocycles. The molecule has 0 amide bonds. The van der Waals surface area contributed by atoms with Gasteiger partial charge in [0.05, 0.1) is 18.2 Å². The van der Waals surface area contributed by atoms with E-state index in [1.165, 1.54) is 32.1 Å². The van der Waals surface area contributed by atoms with Crippen LogP contribution in [-0.2, 0) is 10.3 Å². The Bertz CT molecular complexity index is 1660. The number of carbonyl (C=O) groups excluding carboxylic acids is 1. The third kappa shape index (κ3) is 4.28. The van der Waals surface area contributed by atoms with E-state index in [2.05, 4.69) is 36.6 Å². The number of carbonyl (C=O) groups is 1. The molecule has 0 radical (unpaired) electrons. The van der Waals surface area contributed by atoms with Crippen molar-refractivity contribution >= 4 is 23.0 Å². The molecule has 6 nitrogen and oxygen atoms in total. The summed E-state index contributed by atoms with van der Waals surface area (Å²) in [5, 5.41) is 7.41. The lowest BCUT2D eigenvalue weighted by atomic mass is 9.76. The molecule has 3 aliphatic rings. The number of esters is 1. The van der Waals surface area contributed by atoms with E-state index in [1.54, 1.807) is 7.11 Å². The van der Waals surface area contributed by atoms with Crippen molar-refractivity contribution in [3.8, 4) is 17.2 Å². The Hall–Kier alpha value is -4.45. The van der Waals surface area contributed by atoms with Crippen LogP contribution in [0.15, 0.2) is 78.9 Å². The fourth-order valence-corrected chi connectivity index (χ4v) is 6.96. The van der Waals surface area contributed by atoms with Crippen LogP contribution in [0.4, 0.5) is 17.1 Å². The fraction of sp³-hybridized carbons (Fsp3) is 0.306. The van der Waals surface area contributed by atoms with Crippen LogP contribution in [0.5, 0.6) is 17.2 Å². The molecule has 2 unspecified atom stereocenters. The van der Waals surface area contributed by atoms with Gasteiger partial charge in [-0.2, -0.15) is 0 Å². The molecule has 1 spiro atoms. The minimum atomic E-state index is -1.16. The lowest BCUT2D eigenvalue weighted by Crippen LogP contribution is -2.36. The van der Waals surface area contributed by atoms with Crippen molar-refractivity contribution in [3.05, 3.63) is 107 Å². The maximum atomic E-state index is 13.5. The van der Waals surface area contributed by atoms with Crippen LogP contribution in [0.3, 0.4) is 0 Å².